The molecule has 2 aliphatic rings. The average Bonchev–Trinajstić information content (AvgIpc) is 4.26. The molecule has 0 bridgehead atoms. The number of nitrogens with zero attached hydrogens (tertiary/aromatic N) is 1. The lowest BCUT2D eigenvalue weighted by Crippen LogP contribution is -2.59. The Kier molecular flexibility index (Phi) is 31.1. The molecule has 21 N–H and O–H groups in total. The summed E-state index contributed by atoms with van der Waals surface area (Å²) in [6, 6.07) is -13.2. The summed E-state index contributed by atoms with van der Waals surface area (Å²) in [6.45, 7) is 9.24. The predicted molar refractivity (Wildman–Crippen MR) is 299 cm³/mol. The van der Waals surface area contributed by atoms with Crippen LogP contribution in [0.5, 0.6) is 0 Å². The SMILES string of the molecule is CC(C)C[C@H](NC(=O)CNC(=O)[C@H](C)NC(=O)[C@H](CC(=O)O)NC(=O)[C@H](CC(=O)O)NC(=O)[C@H](C)NC(=O)[C@@H]1CCCN1C(=O)[C@H](CCCCN)NC(=O)CNC(=O)[C@@H]1CCCN1)C(=O)N[C@H](C(=O)N[C@@H](CCCNC(=N)N)C(N)=O)C(C)C. The van der Waals surface area contributed by atoms with Gasteiger partial charge in [-0.2, -0.15) is 0 Å². The molecule has 84 heavy (non-hydrogen) atoms. The van der Waals surface area contributed by atoms with Crippen molar-refractivity contribution in [1.82, 2.24) is 68.7 Å². The molecule has 472 valence electrons. The Bertz CT molecular complexity index is 2370. The topological polar surface area (TPSA) is 529 Å². The number of unbranched alkanes of at least 4 members (excludes halogenated alkanes) is 1. The third kappa shape index (κ3) is 25.9. The van der Waals surface area contributed by atoms with Crippen molar-refractivity contribution in [2.45, 2.75) is 179 Å². The van der Waals surface area contributed by atoms with Crippen molar-refractivity contribution in [3.8, 4) is 0 Å². The van der Waals surface area contributed by atoms with Gasteiger partial charge in [0.2, 0.25) is 70.9 Å². The zero-order valence-electron chi connectivity index (χ0n) is 48.4. The van der Waals surface area contributed by atoms with Crippen LogP contribution in [0.25, 0.3) is 0 Å². The first-order valence-electron chi connectivity index (χ1n) is 28.0. The van der Waals surface area contributed by atoms with Crippen LogP contribution in [0, 0.1) is 17.2 Å². The standard InChI is InChI=1S/C51H87N17O16/c1-25(2)20-32(47(81)67-40(26(3)4)49(83)64-29(41(53)75)13-9-18-57-51(54)55)63-37(70)23-58-42(76)27(5)60-45(79)33(21-38(71)72)66-46(80)34(22-39(73)74)65-43(77)28(6)61-48(82)35-15-11-19-68(35)50(84)31(12-7-8-16-52)62-36(69)24-59-44(78)30-14-10-17-56-30/h25-35,40,56H,7-24,52H2,1-6H3,(H2,53,75)(H,58,76)(H,59,78)(H,60,79)(H,61,82)(H,62,69)(H,63,70)(H,64,83)(H,65,77)(H,66,80)(H,67,81)(H,71,72)(H,73,74)(H4,54,55,57)/t27-,28-,29-,30-,31-,32-,33-,34-,35-,40-/m0/s1. The normalized spacial score (nSPS) is 17.5. The van der Waals surface area contributed by atoms with Gasteiger partial charge in [-0.1, -0.05) is 27.7 Å². The van der Waals surface area contributed by atoms with Crippen LogP contribution in [0.4, 0.5) is 0 Å². The molecule has 0 aromatic heterocycles. The van der Waals surface area contributed by atoms with E-state index in [0.29, 0.717) is 45.2 Å². The molecular weight excluding hydrogens is 1110 g/mol. The third-order valence-corrected chi connectivity index (χ3v) is 13.4. The minimum atomic E-state index is -1.98. The Hall–Kier alpha value is -8.23. The highest BCUT2D eigenvalue weighted by Gasteiger charge is 2.40. The van der Waals surface area contributed by atoms with Crippen LogP contribution in [0.2, 0.25) is 0 Å². The molecule has 12 amide bonds. The van der Waals surface area contributed by atoms with Crippen LogP contribution in [-0.2, 0) is 67.1 Å². The maximum atomic E-state index is 13.9. The number of aliphatic carboxylic acids is 2. The van der Waals surface area contributed by atoms with Gasteiger partial charge in [0, 0.05) is 13.1 Å². The zero-order valence-corrected chi connectivity index (χ0v) is 48.4. The number of hydrogen-bond donors (Lipinski definition) is 18. The van der Waals surface area contributed by atoms with E-state index >= 15 is 0 Å². The van der Waals surface area contributed by atoms with Crippen molar-refractivity contribution in [2.75, 3.05) is 39.3 Å². The van der Waals surface area contributed by atoms with Crippen LogP contribution in [0.15, 0.2) is 0 Å². The number of carboxylic acids is 2. The van der Waals surface area contributed by atoms with Crippen molar-refractivity contribution in [2.24, 2.45) is 29.0 Å². The zero-order chi connectivity index (χ0) is 63.4. The molecular formula is C51H87N17O16. The van der Waals surface area contributed by atoms with Crippen molar-refractivity contribution in [1.29, 1.82) is 5.41 Å². The fraction of sp³-hybridized carbons (Fsp3) is 0.706. The van der Waals surface area contributed by atoms with Crippen molar-refractivity contribution in [3.63, 3.8) is 0 Å². The summed E-state index contributed by atoms with van der Waals surface area (Å²) in [6.07, 6.45) is 1.30. The second-order valence-electron chi connectivity index (χ2n) is 21.4. The molecule has 33 heteroatoms. The molecule has 0 aliphatic carbocycles. The lowest BCUT2D eigenvalue weighted by Gasteiger charge is -2.30. The number of primary amides is 1. The number of nitrogens with one attached hydrogen (secondary N) is 13. The fourth-order valence-corrected chi connectivity index (χ4v) is 8.92. The number of rotatable bonds is 37. The highest BCUT2D eigenvalue weighted by atomic mass is 16.4. The number of carboxylic acid groups (broad SMARTS) is 2. The molecule has 2 fully saturated rings. The second-order valence-corrected chi connectivity index (χ2v) is 21.4. The average molecular weight is 1190 g/mol. The quantitative estimate of drug-likeness (QED) is 0.0156. The number of likely N-dealkylation sites (tertiary alicyclic amines) is 1. The van der Waals surface area contributed by atoms with E-state index in [1.807, 2.05) is 0 Å². The molecule has 2 heterocycles. The van der Waals surface area contributed by atoms with E-state index in [2.05, 4.69) is 63.8 Å². The van der Waals surface area contributed by atoms with Crippen LogP contribution in [0.1, 0.15) is 119 Å². The van der Waals surface area contributed by atoms with Gasteiger partial charge in [0.05, 0.1) is 32.0 Å². The van der Waals surface area contributed by atoms with Gasteiger partial charge in [0.25, 0.3) is 0 Å². The summed E-state index contributed by atoms with van der Waals surface area (Å²) >= 11 is 0. The minimum absolute atomic E-state index is 0.0645. The predicted octanol–water partition coefficient (Wildman–Crippen LogP) is -6.59. The summed E-state index contributed by atoms with van der Waals surface area (Å²) < 4.78 is 0. The summed E-state index contributed by atoms with van der Waals surface area (Å²) in [5, 5.41) is 56.1. The Morgan fingerprint density at radius 2 is 1.12 bits per heavy atom. The number of amides is 12. The second kappa shape index (κ2) is 36.4. The van der Waals surface area contributed by atoms with Crippen LogP contribution >= 0.6 is 0 Å². The fourth-order valence-electron chi connectivity index (χ4n) is 8.92. The number of nitrogens with two attached hydrogens (primary N) is 3. The Morgan fingerprint density at radius 3 is 1.67 bits per heavy atom. The Labute approximate surface area is 486 Å². The van der Waals surface area contributed by atoms with Crippen molar-refractivity contribution in [3.05, 3.63) is 0 Å². The molecule has 2 aliphatic heterocycles. The number of guanidine groups is 1. The van der Waals surface area contributed by atoms with Gasteiger partial charge < -0.3 is 96.1 Å². The van der Waals surface area contributed by atoms with E-state index in [1.54, 1.807) is 27.7 Å². The minimum Gasteiger partial charge on any atom is -0.481 e. The number of carbonyl (C=O) groups is 14. The molecule has 0 radical (unpaired) electrons. The summed E-state index contributed by atoms with van der Waals surface area (Å²) in [7, 11) is 0. The van der Waals surface area contributed by atoms with Gasteiger partial charge in [0.1, 0.15) is 54.4 Å². The van der Waals surface area contributed by atoms with Crippen LogP contribution < -0.4 is 81.0 Å². The first-order chi connectivity index (χ1) is 39.4. The third-order valence-electron chi connectivity index (χ3n) is 13.4. The van der Waals surface area contributed by atoms with E-state index < -0.39 is 169 Å². The van der Waals surface area contributed by atoms with Gasteiger partial charge in [-0.25, -0.2) is 0 Å². The largest absolute Gasteiger partial charge is 0.481 e. The van der Waals surface area contributed by atoms with Crippen molar-refractivity contribution >= 4 is 88.8 Å². The lowest BCUT2D eigenvalue weighted by molar-refractivity contribution is -0.144. The van der Waals surface area contributed by atoms with E-state index in [-0.39, 0.29) is 56.6 Å². The Balaban J connectivity index is 2.08. The molecule has 2 rings (SSSR count). The maximum Gasteiger partial charge on any atom is 0.305 e. The van der Waals surface area contributed by atoms with E-state index in [9.17, 15) is 77.3 Å². The van der Waals surface area contributed by atoms with Gasteiger partial charge in [0.15, 0.2) is 5.96 Å². The number of hydrogen-bond acceptors (Lipinski definition) is 17. The van der Waals surface area contributed by atoms with Gasteiger partial charge in [-0.3, -0.25) is 72.5 Å². The van der Waals surface area contributed by atoms with Crippen LogP contribution in [-0.4, -0.2) is 204 Å². The molecule has 0 spiro atoms. The van der Waals surface area contributed by atoms with E-state index in [1.165, 1.54) is 11.8 Å². The molecule has 2 saturated heterocycles. The molecule has 0 aromatic rings. The molecule has 33 nitrogen and oxygen atoms in total. The van der Waals surface area contributed by atoms with Gasteiger partial charge in [-0.15, -0.1) is 0 Å². The van der Waals surface area contributed by atoms with Crippen molar-refractivity contribution < 1.29 is 77.3 Å². The molecule has 10 atom stereocenters. The van der Waals surface area contributed by atoms with Crippen LogP contribution in [0.3, 0.4) is 0 Å². The first kappa shape index (κ1) is 71.9. The van der Waals surface area contributed by atoms with Gasteiger partial charge in [-0.05, 0) is 103 Å². The van der Waals surface area contributed by atoms with Gasteiger partial charge >= 0.3 is 11.9 Å². The molecule has 0 saturated carbocycles. The smallest absolute Gasteiger partial charge is 0.305 e. The lowest BCUT2D eigenvalue weighted by atomic mass is 9.99. The molecule has 0 aromatic carbocycles. The summed E-state index contributed by atoms with van der Waals surface area (Å²) in [4.78, 5) is 184. The monoisotopic (exact) mass is 1190 g/mol. The first-order valence-corrected chi connectivity index (χ1v) is 28.0. The maximum absolute atomic E-state index is 13.9. The van der Waals surface area contributed by atoms with E-state index in [0.717, 1.165) is 13.3 Å². The highest BCUT2D eigenvalue weighted by molar-refractivity contribution is 6.00. The van der Waals surface area contributed by atoms with E-state index in [4.69, 9.17) is 22.6 Å². The molecule has 0 unspecified atom stereocenters. The Morgan fingerprint density at radius 1 is 0.571 bits per heavy atom. The number of carbonyl (C=O) groups excluding carboxylic acids is 12. The summed E-state index contributed by atoms with van der Waals surface area (Å²) in [5.74, 6) is -14.6. The highest BCUT2D eigenvalue weighted by Crippen LogP contribution is 2.21. The summed E-state index contributed by atoms with van der Waals surface area (Å²) in [5.41, 5.74) is 16.4.